The van der Waals surface area contributed by atoms with E-state index in [1.165, 1.54) is 11.1 Å². The minimum absolute atomic E-state index is 0. The van der Waals surface area contributed by atoms with Crippen molar-refractivity contribution in [3.63, 3.8) is 0 Å². The fourth-order valence-corrected chi connectivity index (χ4v) is 5.47. The number of rotatable bonds is 5. The van der Waals surface area contributed by atoms with E-state index in [1.807, 2.05) is 85.1 Å². The summed E-state index contributed by atoms with van der Waals surface area (Å²) < 4.78 is 0. The molecular formula is C46H42IrN4-2. The molecule has 5 heteroatoms. The summed E-state index contributed by atoms with van der Waals surface area (Å²) in [5.74, 6) is 0.661. The van der Waals surface area contributed by atoms with Crippen molar-refractivity contribution in [3.8, 4) is 56.4 Å². The molecule has 0 amide bonds. The Morgan fingerprint density at radius 1 is 0.451 bits per heavy atom. The van der Waals surface area contributed by atoms with E-state index in [0.29, 0.717) is 5.82 Å². The molecule has 0 fully saturated rings. The molecule has 0 aliphatic heterocycles. The number of nitrogens with zero attached hydrogens (tertiary/aromatic N) is 4. The predicted molar refractivity (Wildman–Crippen MR) is 206 cm³/mol. The second kappa shape index (κ2) is 16.3. The first kappa shape index (κ1) is 37.2. The molecule has 0 saturated heterocycles. The fraction of sp³-hybridized carbons (Fsp3) is 0.174. The topological polar surface area (TPSA) is 51.6 Å². The van der Waals surface area contributed by atoms with Gasteiger partial charge >= 0.3 is 0 Å². The van der Waals surface area contributed by atoms with Crippen molar-refractivity contribution >= 4 is 0 Å². The zero-order chi connectivity index (χ0) is 35.1. The van der Waals surface area contributed by atoms with Crippen LogP contribution in [-0.4, -0.2) is 19.9 Å². The van der Waals surface area contributed by atoms with Crippen LogP contribution in [0.1, 0.15) is 52.7 Å². The average Bonchev–Trinajstić information content (AvgIpc) is 3.15. The number of hydrogen-bond donors (Lipinski definition) is 0. The molecule has 0 bridgehead atoms. The maximum absolute atomic E-state index is 4.99. The summed E-state index contributed by atoms with van der Waals surface area (Å²) in [6.45, 7) is 13.4. The molecule has 0 aliphatic carbocycles. The number of benzene rings is 4. The summed E-state index contributed by atoms with van der Waals surface area (Å²) in [4.78, 5) is 18.9. The molecule has 51 heavy (non-hydrogen) atoms. The smallest absolute Gasteiger partial charge is 0.161 e. The Morgan fingerprint density at radius 3 is 1.31 bits per heavy atom. The first-order valence-electron chi connectivity index (χ1n) is 17.0. The molecule has 0 spiro atoms. The molecule has 0 atom stereocenters. The van der Waals surface area contributed by atoms with Gasteiger partial charge in [0.15, 0.2) is 5.82 Å². The molecule has 0 aliphatic rings. The van der Waals surface area contributed by atoms with Gasteiger partial charge in [-0.25, -0.2) is 9.97 Å². The predicted octanol–water partition coefficient (Wildman–Crippen LogP) is 11.5. The Bertz CT molecular complexity index is 2000. The van der Waals surface area contributed by atoms with Gasteiger partial charge in [0.25, 0.3) is 0 Å². The number of pyridine rings is 2. The zero-order valence-corrected chi connectivity index (χ0v) is 32.4. The van der Waals surface area contributed by atoms with Gasteiger partial charge < -0.3 is 9.97 Å². The molecule has 4 aromatic carbocycles. The van der Waals surface area contributed by atoms with E-state index in [0.717, 1.165) is 50.6 Å². The van der Waals surface area contributed by atoms with Gasteiger partial charge in [-0.05, 0) is 45.5 Å². The van der Waals surface area contributed by atoms with E-state index in [-0.39, 0.29) is 30.9 Å². The van der Waals surface area contributed by atoms with Crippen LogP contribution in [0.25, 0.3) is 56.4 Å². The molecule has 1 radical (unpaired) electrons. The molecular weight excluding hydrogens is 801 g/mol. The normalized spacial score (nSPS) is 11.2. The maximum Gasteiger partial charge on any atom is 0.161 e. The molecule has 0 N–H and O–H groups in total. The van der Waals surface area contributed by atoms with Crippen LogP contribution < -0.4 is 0 Å². The van der Waals surface area contributed by atoms with E-state index in [1.54, 1.807) is 6.20 Å². The van der Waals surface area contributed by atoms with Crippen molar-refractivity contribution in [1.82, 2.24) is 19.9 Å². The standard InChI is InChI=1S/C35H34N3.C11H8N.Ir/c1-34(2,3)28-17-12-25(13-18-28)31-22-32(26-14-19-29(20-15-26)35(4,5)6)38-33(37-31)27-16-21-30(36-23-27)24-10-8-7-9-11-24;1-2-6-10(7-3-1)11-8-4-5-9-12-11;/h7-10,12-23H,1-6H3;1-6,8-9H;/q2*-1;. The van der Waals surface area contributed by atoms with E-state index in [2.05, 4.69) is 113 Å². The summed E-state index contributed by atoms with van der Waals surface area (Å²) in [6.07, 6.45) is 3.64. The SMILES string of the molecule is CC(C)(C)c1ccc(-c2cc(-c3ccc(C(C)(C)C)cc3)nc(-c3ccc(-c4[c-]cccc4)nc3)n2)cc1.[Ir].[c-]1ccccc1-c1ccccn1. The second-order valence-corrected chi connectivity index (χ2v) is 14.3. The van der Waals surface area contributed by atoms with Crippen LogP contribution in [0.3, 0.4) is 0 Å². The van der Waals surface area contributed by atoms with Crippen LogP contribution in [-0.2, 0) is 30.9 Å². The van der Waals surface area contributed by atoms with Crippen molar-refractivity contribution in [2.24, 2.45) is 0 Å². The van der Waals surface area contributed by atoms with Gasteiger partial charge in [0.2, 0.25) is 0 Å². The minimum Gasteiger partial charge on any atom is -0.305 e. The Morgan fingerprint density at radius 2 is 0.922 bits per heavy atom. The largest absolute Gasteiger partial charge is 0.305 e. The van der Waals surface area contributed by atoms with Gasteiger partial charge in [0.1, 0.15) is 0 Å². The van der Waals surface area contributed by atoms with E-state index in [4.69, 9.17) is 15.0 Å². The van der Waals surface area contributed by atoms with Crippen LogP contribution in [0, 0.1) is 12.1 Å². The average molecular weight is 843 g/mol. The van der Waals surface area contributed by atoms with Crippen molar-refractivity contribution in [3.05, 3.63) is 169 Å². The first-order chi connectivity index (χ1) is 24.0. The molecule has 3 aromatic heterocycles. The van der Waals surface area contributed by atoms with Crippen LogP contribution in [0.4, 0.5) is 0 Å². The minimum atomic E-state index is 0. The fourth-order valence-electron chi connectivity index (χ4n) is 5.47. The summed E-state index contributed by atoms with van der Waals surface area (Å²) in [5, 5.41) is 0. The number of aromatic nitrogens is 4. The summed E-state index contributed by atoms with van der Waals surface area (Å²) in [5.41, 5.74) is 11.4. The van der Waals surface area contributed by atoms with E-state index >= 15 is 0 Å². The number of hydrogen-bond acceptors (Lipinski definition) is 4. The summed E-state index contributed by atoms with van der Waals surface area (Å²) in [6, 6.07) is 51.5. The Balaban J connectivity index is 0.000000327. The first-order valence-corrected chi connectivity index (χ1v) is 17.0. The third-order valence-electron chi connectivity index (χ3n) is 8.48. The van der Waals surface area contributed by atoms with Crippen molar-refractivity contribution in [2.75, 3.05) is 0 Å². The van der Waals surface area contributed by atoms with Gasteiger partial charge in [-0.3, -0.25) is 0 Å². The maximum atomic E-state index is 4.99. The van der Waals surface area contributed by atoms with Gasteiger partial charge in [0, 0.05) is 49.2 Å². The second-order valence-electron chi connectivity index (χ2n) is 14.3. The van der Waals surface area contributed by atoms with Crippen molar-refractivity contribution in [1.29, 1.82) is 0 Å². The molecule has 3 heterocycles. The Kier molecular flexibility index (Phi) is 11.9. The third-order valence-corrected chi connectivity index (χ3v) is 8.48. The molecule has 0 saturated carbocycles. The van der Waals surface area contributed by atoms with Gasteiger partial charge in [-0.15, -0.1) is 71.8 Å². The summed E-state index contributed by atoms with van der Waals surface area (Å²) in [7, 11) is 0. The zero-order valence-electron chi connectivity index (χ0n) is 30.0. The monoisotopic (exact) mass is 843 g/mol. The van der Waals surface area contributed by atoms with E-state index < -0.39 is 0 Å². The molecule has 257 valence electrons. The Hall–Kier alpha value is -5.09. The van der Waals surface area contributed by atoms with Gasteiger partial charge in [-0.1, -0.05) is 114 Å². The third kappa shape index (κ3) is 9.58. The van der Waals surface area contributed by atoms with Crippen LogP contribution in [0.2, 0.25) is 0 Å². The van der Waals surface area contributed by atoms with Crippen LogP contribution >= 0.6 is 0 Å². The van der Waals surface area contributed by atoms with E-state index in [9.17, 15) is 0 Å². The Labute approximate surface area is 316 Å². The van der Waals surface area contributed by atoms with Gasteiger partial charge in [-0.2, -0.15) is 0 Å². The van der Waals surface area contributed by atoms with Crippen LogP contribution in [0.15, 0.2) is 146 Å². The molecule has 7 aromatic rings. The summed E-state index contributed by atoms with van der Waals surface area (Å²) >= 11 is 0. The molecule has 0 unspecified atom stereocenters. The molecule has 4 nitrogen and oxygen atoms in total. The van der Waals surface area contributed by atoms with Crippen molar-refractivity contribution < 1.29 is 20.1 Å². The quantitative estimate of drug-likeness (QED) is 0.162. The van der Waals surface area contributed by atoms with Gasteiger partial charge in [0.05, 0.1) is 11.4 Å². The molecule has 7 rings (SSSR count). The van der Waals surface area contributed by atoms with Crippen LogP contribution in [0.5, 0.6) is 0 Å². The van der Waals surface area contributed by atoms with Crippen molar-refractivity contribution in [2.45, 2.75) is 52.4 Å².